The van der Waals surface area contributed by atoms with Gasteiger partial charge in [0.2, 0.25) is 5.91 Å². The predicted octanol–water partition coefficient (Wildman–Crippen LogP) is 0.923. The average molecular weight is 396 g/mol. The van der Waals surface area contributed by atoms with Gasteiger partial charge in [-0.3, -0.25) is 14.4 Å². The first-order chi connectivity index (χ1) is 13.0. The first-order valence-electron chi connectivity index (χ1n) is 8.30. The fourth-order valence-electron chi connectivity index (χ4n) is 2.15. The van der Waals surface area contributed by atoms with E-state index in [1.54, 1.807) is 13.0 Å². The van der Waals surface area contributed by atoms with Crippen molar-refractivity contribution in [2.75, 3.05) is 32.1 Å². The van der Waals surface area contributed by atoms with Crippen LogP contribution in [0, 0.1) is 0 Å². The zero-order valence-corrected chi connectivity index (χ0v) is 15.6. The summed E-state index contributed by atoms with van der Waals surface area (Å²) in [5.74, 6) is -1.24. The summed E-state index contributed by atoms with van der Waals surface area (Å²) in [6.07, 6.45) is 2.62. The van der Waals surface area contributed by atoms with Gasteiger partial charge < -0.3 is 24.1 Å². The van der Waals surface area contributed by atoms with Crippen LogP contribution in [0.15, 0.2) is 33.9 Å². The topological polar surface area (TPSA) is 115 Å². The summed E-state index contributed by atoms with van der Waals surface area (Å²) in [7, 11) is 0. The third kappa shape index (κ3) is 6.48. The van der Waals surface area contributed by atoms with E-state index >= 15 is 0 Å². The number of nitrogens with zero attached hydrogens (tertiary/aromatic N) is 1. The molecule has 146 valence electrons. The van der Waals surface area contributed by atoms with E-state index in [0.717, 1.165) is 0 Å². The fourth-order valence-corrected chi connectivity index (χ4v) is 3.11. The largest absolute Gasteiger partial charge is 0.464 e. The predicted molar refractivity (Wildman–Crippen MR) is 95.5 cm³/mol. The first-order valence-corrected chi connectivity index (χ1v) is 9.28. The molecule has 27 heavy (non-hydrogen) atoms. The summed E-state index contributed by atoms with van der Waals surface area (Å²) in [5, 5.41) is 3.01. The molecule has 0 atom stereocenters. The van der Waals surface area contributed by atoms with Crippen LogP contribution in [0.25, 0.3) is 0 Å². The summed E-state index contributed by atoms with van der Waals surface area (Å²) in [6, 6.07) is 3.10. The molecule has 1 aliphatic rings. The molecule has 1 aliphatic heterocycles. The molecule has 0 saturated carbocycles. The Bertz CT molecular complexity index is 715. The van der Waals surface area contributed by atoms with Crippen LogP contribution in [0.5, 0.6) is 0 Å². The van der Waals surface area contributed by atoms with Gasteiger partial charge in [-0.25, -0.2) is 4.79 Å². The van der Waals surface area contributed by atoms with E-state index in [-0.39, 0.29) is 50.1 Å². The Morgan fingerprint density at radius 2 is 2.19 bits per heavy atom. The van der Waals surface area contributed by atoms with Crippen LogP contribution >= 0.6 is 11.8 Å². The molecule has 0 radical (unpaired) electrons. The van der Waals surface area contributed by atoms with Gasteiger partial charge in [0.1, 0.15) is 6.61 Å². The molecule has 0 bridgehead atoms. The van der Waals surface area contributed by atoms with E-state index in [1.165, 1.54) is 35.1 Å². The smallest absolute Gasteiger partial charge is 0.333 e. The van der Waals surface area contributed by atoms with Crippen LogP contribution in [0.4, 0.5) is 0 Å². The number of amides is 2. The second-order valence-corrected chi connectivity index (χ2v) is 6.27. The van der Waals surface area contributed by atoms with E-state index < -0.39 is 17.8 Å². The van der Waals surface area contributed by atoms with Crippen molar-refractivity contribution in [3.63, 3.8) is 0 Å². The molecule has 0 aromatic carbocycles. The average Bonchev–Trinajstić information content (AvgIpc) is 3.27. The van der Waals surface area contributed by atoms with Crippen molar-refractivity contribution in [1.29, 1.82) is 0 Å². The van der Waals surface area contributed by atoms with Crippen LogP contribution in [-0.2, 0) is 23.9 Å². The SMILES string of the molecule is CCOC(=O)/C=C1\SCC(=O)N1CCOC(=O)CCNC(=O)c1ccco1. The van der Waals surface area contributed by atoms with Crippen molar-refractivity contribution in [3.8, 4) is 0 Å². The highest BCUT2D eigenvalue weighted by molar-refractivity contribution is 8.04. The molecule has 1 aromatic rings. The fraction of sp³-hybridized carbons (Fsp3) is 0.412. The minimum absolute atomic E-state index is 0.0132. The van der Waals surface area contributed by atoms with Crippen LogP contribution in [0.1, 0.15) is 23.9 Å². The molecular formula is C17H20N2O7S. The second-order valence-electron chi connectivity index (χ2n) is 5.27. The van der Waals surface area contributed by atoms with Gasteiger partial charge in [-0.1, -0.05) is 11.8 Å². The molecule has 9 nitrogen and oxygen atoms in total. The van der Waals surface area contributed by atoms with Crippen molar-refractivity contribution < 1.29 is 33.1 Å². The monoisotopic (exact) mass is 396 g/mol. The number of furan rings is 1. The van der Waals surface area contributed by atoms with Crippen LogP contribution in [-0.4, -0.2) is 60.7 Å². The highest BCUT2D eigenvalue weighted by atomic mass is 32.2. The summed E-state index contributed by atoms with van der Waals surface area (Å²) in [4.78, 5) is 48.1. The lowest BCUT2D eigenvalue weighted by Gasteiger charge is -2.16. The molecule has 1 aromatic heterocycles. The quantitative estimate of drug-likeness (QED) is 0.484. The van der Waals surface area contributed by atoms with Crippen molar-refractivity contribution in [2.24, 2.45) is 0 Å². The molecule has 0 aliphatic carbocycles. The van der Waals surface area contributed by atoms with Crippen LogP contribution in [0.2, 0.25) is 0 Å². The molecule has 0 spiro atoms. The lowest BCUT2D eigenvalue weighted by Crippen LogP contribution is -2.30. The Balaban J connectivity index is 1.69. The zero-order chi connectivity index (χ0) is 19.6. The first kappa shape index (κ1) is 20.6. The maximum Gasteiger partial charge on any atom is 0.333 e. The van der Waals surface area contributed by atoms with Gasteiger partial charge in [-0.2, -0.15) is 0 Å². The Morgan fingerprint density at radius 3 is 2.89 bits per heavy atom. The molecule has 0 unspecified atom stereocenters. The number of rotatable bonds is 9. The molecule has 1 saturated heterocycles. The molecule has 1 N–H and O–H groups in total. The summed E-state index contributed by atoms with van der Waals surface area (Å²) in [6.45, 7) is 2.16. The van der Waals surface area contributed by atoms with Gasteiger partial charge in [0.15, 0.2) is 5.76 Å². The van der Waals surface area contributed by atoms with Crippen molar-refractivity contribution in [1.82, 2.24) is 10.2 Å². The second kappa shape index (κ2) is 10.4. The Kier molecular flexibility index (Phi) is 7.93. The number of esters is 2. The molecule has 2 rings (SSSR count). The van der Waals surface area contributed by atoms with Gasteiger partial charge in [0.25, 0.3) is 5.91 Å². The molecule has 2 heterocycles. The highest BCUT2D eigenvalue weighted by Gasteiger charge is 2.27. The van der Waals surface area contributed by atoms with Crippen molar-refractivity contribution >= 4 is 35.5 Å². The van der Waals surface area contributed by atoms with E-state index in [9.17, 15) is 19.2 Å². The van der Waals surface area contributed by atoms with Gasteiger partial charge in [-0.05, 0) is 19.1 Å². The van der Waals surface area contributed by atoms with E-state index in [4.69, 9.17) is 13.9 Å². The maximum atomic E-state index is 11.9. The van der Waals surface area contributed by atoms with Crippen LogP contribution in [0.3, 0.4) is 0 Å². The standard InChI is InChI=1S/C17H20N2O7S/c1-2-24-16(22)10-14-19(13(20)11-27-14)7-9-26-15(21)5-6-18-17(23)12-4-3-8-25-12/h3-4,8,10H,2,5-7,9,11H2,1H3,(H,18,23)/b14-10-. The van der Waals surface area contributed by atoms with Gasteiger partial charge >= 0.3 is 11.9 Å². The summed E-state index contributed by atoms with van der Waals surface area (Å²) in [5.41, 5.74) is 0. The number of hydrogen-bond donors (Lipinski definition) is 1. The Morgan fingerprint density at radius 1 is 1.37 bits per heavy atom. The normalized spacial score (nSPS) is 15.1. The number of carbonyl (C=O) groups is 4. The van der Waals surface area contributed by atoms with E-state index in [2.05, 4.69) is 5.32 Å². The Labute approximate surface area is 160 Å². The van der Waals surface area contributed by atoms with Crippen molar-refractivity contribution in [2.45, 2.75) is 13.3 Å². The number of nitrogens with one attached hydrogen (secondary N) is 1. The van der Waals surface area contributed by atoms with Gasteiger partial charge in [-0.15, -0.1) is 0 Å². The molecule has 10 heteroatoms. The molecule has 1 fully saturated rings. The lowest BCUT2D eigenvalue weighted by atomic mass is 10.4. The Hall–Kier alpha value is -2.75. The van der Waals surface area contributed by atoms with Gasteiger partial charge in [0, 0.05) is 6.54 Å². The highest BCUT2D eigenvalue weighted by Crippen LogP contribution is 2.28. The molecular weight excluding hydrogens is 376 g/mol. The van der Waals surface area contributed by atoms with Crippen molar-refractivity contribution in [3.05, 3.63) is 35.3 Å². The number of carbonyl (C=O) groups excluding carboxylic acids is 4. The zero-order valence-electron chi connectivity index (χ0n) is 14.8. The third-order valence-electron chi connectivity index (χ3n) is 3.38. The van der Waals surface area contributed by atoms with E-state index in [0.29, 0.717) is 5.03 Å². The lowest BCUT2D eigenvalue weighted by molar-refractivity contribution is -0.145. The summed E-state index contributed by atoms with van der Waals surface area (Å²) < 4.78 is 14.8. The number of ether oxygens (including phenoxy) is 2. The minimum atomic E-state index is -0.524. The van der Waals surface area contributed by atoms with Crippen LogP contribution < -0.4 is 5.32 Å². The summed E-state index contributed by atoms with van der Waals surface area (Å²) >= 11 is 1.23. The maximum absolute atomic E-state index is 11.9. The number of thioether (sulfide) groups is 1. The van der Waals surface area contributed by atoms with Gasteiger partial charge in [0.05, 0.1) is 42.7 Å². The third-order valence-corrected chi connectivity index (χ3v) is 4.40. The molecule has 2 amide bonds. The number of hydrogen-bond acceptors (Lipinski definition) is 8. The van der Waals surface area contributed by atoms with E-state index in [1.807, 2.05) is 0 Å². The minimum Gasteiger partial charge on any atom is -0.464 e.